The minimum absolute atomic E-state index is 0. The number of hydrogen-bond acceptors (Lipinski definition) is 4. The topological polar surface area (TPSA) is 65.2 Å². The standard InChI is InChI=1S/C50H66N2O2.Co/c1-12-34(36-18-14-13-15-19-36)26-33(2)35-22-24-37(25-23-35)38-27-39(46(53)42(29-38)49(6,7)8)31-51-44-20-16-17-21-45(44)52-32-40-28-41(48(3,4)5)30-43(47(40)54)50(9,10)11;/h13-15,18-19,22-25,27-34,44-45,53-54H,12,16-17,20-21,26H2,1-11H3;/t33?,34?,44-,45-;/m1./s1. The minimum Gasteiger partial charge on any atom is -0.507 e. The Morgan fingerprint density at radius 3 is 1.64 bits per heavy atom. The van der Waals surface area contributed by atoms with Gasteiger partial charge in [0.25, 0.3) is 0 Å². The van der Waals surface area contributed by atoms with Gasteiger partial charge in [-0.25, -0.2) is 0 Å². The van der Waals surface area contributed by atoms with Crippen LogP contribution in [-0.4, -0.2) is 34.7 Å². The van der Waals surface area contributed by atoms with Crippen molar-refractivity contribution in [3.8, 4) is 22.6 Å². The summed E-state index contributed by atoms with van der Waals surface area (Å²) in [5.41, 5.74) is 9.02. The monoisotopic (exact) mass is 785 g/mol. The Morgan fingerprint density at radius 1 is 0.636 bits per heavy atom. The van der Waals surface area contributed by atoms with Gasteiger partial charge in [-0.05, 0) is 99.8 Å². The molecule has 1 radical (unpaired) electrons. The molecule has 0 aliphatic heterocycles. The fraction of sp³-hybridized carbons (Fsp3) is 0.480. The summed E-state index contributed by atoms with van der Waals surface area (Å²) >= 11 is 0. The molecule has 297 valence electrons. The van der Waals surface area contributed by atoms with Crippen molar-refractivity contribution >= 4 is 12.4 Å². The van der Waals surface area contributed by atoms with Crippen LogP contribution in [0.25, 0.3) is 11.1 Å². The Bertz CT molecular complexity index is 1920. The second-order valence-corrected chi connectivity index (χ2v) is 18.9. The molecule has 2 N–H and O–H groups in total. The van der Waals surface area contributed by atoms with Crippen LogP contribution in [0.2, 0.25) is 0 Å². The molecule has 1 fully saturated rings. The number of hydrogen-bond donors (Lipinski definition) is 2. The molecule has 4 atom stereocenters. The Morgan fingerprint density at radius 2 is 1.15 bits per heavy atom. The molecule has 0 aromatic heterocycles. The van der Waals surface area contributed by atoms with Gasteiger partial charge in [-0.1, -0.05) is 150 Å². The van der Waals surface area contributed by atoms with Gasteiger partial charge in [-0.15, -0.1) is 0 Å². The summed E-state index contributed by atoms with van der Waals surface area (Å²) in [6.07, 6.45) is 10.1. The Kier molecular flexibility index (Phi) is 14.5. The third-order valence-electron chi connectivity index (χ3n) is 11.5. The Hall–Kier alpha value is -3.67. The van der Waals surface area contributed by atoms with Crippen LogP contribution in [0.5, 0.6) is 11.5 Å². The van der Waals surface area contributed by atoms with Crippen molar-refractivity contribution in [1.29, 1.82) is 0 Å². The number of nitrogens with zero attached hydrogens (tertiary/aromatic N) is 2. The molecule has 55 heavy (non-hydrogen) atoms. The zero-order valence-electron chi connectivity index (χ0n) is 35.3. The van der Waals surface area contributed by atoms with Crippen LogP contribution in [0.3, 0.4) is 0 Å². The normalized spacial score (nSPS) is 18.0. The van der Waals surface area contributed by atoms with Crippen molar-refractivity contribution in [3.05, 3.63) is 118 Å². The number of phenolic OH excluding ortho intramolecular Hbond substituents is 2. The fourth-order valence-corrected chi connectivity index (χ4v) is 7.88. The average molecular weight is 786 g/mol. The maximum absolute atomic E-state index is 11.6. The first kappa shape index (κ1) is 44.0. The van der Waals surface area contributed by atoms with E-state index in [4.69, 9.17) is 9.98 Å². The zero-order valence-corrected chi connectivity index (χ0v) is 36.4. The summed E-state index contributed by atoms with van der Waals surface area (Å²) in [6, 6.07) is 28.4. The predicted octanol–water partition coefficient (Wildman–Crippen LogP) is 13.2. The first-order valence-corrected chi connectivity index (χ1v) is 20.3. The van der Waals surface area contributed by atoms with E-state index in [2.05, 4.69) is 155 Å². The molecule has 1 saturated carbocycles. The van der Waals surface area contributed by atoms with E-state index in [-0.39, 0.29) is 45.1 Å². The second kappa shape index (κ2) is 18.1. The second-order valence-electron chi connectivity index (χ2n) is 18.9. The van der Waals surface area contributed by atoms with Crippen LogP contribution >= 0.6 is 0 Å². The number of phenols is 2. The number of aliphatic imine (C=N–C) groups is 2. The van der Waals surface area contributed by atoms with Gasteiger partial charge in [0.2, 0.25) is 0 Å². The Balaban J connectivity index is 0.00000673. The molecule has 4 aromatic carbocycles. The SMILES string of the molecule is CCC(CC(C)c1ccc(-c2cc(C=N[C@@H]3CCCC[C@H]3N=Cc3cc(C(C)(C)C)cc(C(C)(C)C)c3O)c(O)c(C(C)(C)C)c2)cc1)c1ccccc1.[Co]. The van der Waals surface area contributed by atoms with E-state index in [9.17, 15) is 10.2 Å². The molecule has 1 aliphatic carbocycles. The summed E-state index contributed by atoms with van der Waals surface area (Å²) < 4.78 is 0. The van der Waals surface area contributed by atoms with Crippen LogP contribution < -0.4 is 0 Å². The molecule has 5 rings (SSSR count). The molecule has 0 amide bonds. The van der Waals surface area contributed by atoms with E-state index in [0.29, 0.717) is 23.3 Å². The Labute approximate surface area is 343 Å². The van der Waals surface area contributed by atoms with E-state index in [1.807, 2.05) is 12.4 Å². The van der Waals surface area contributed by atoms with Crippen LogP contribution in [0.15, 0.2) is 88.8 Å². The number of benzene rings is 4. The molecule has 0 bridgehead atoms. The van der Waals surface area contributed by atoms with Gasteiger partial charge in [0.1, 0.15) is 11.5 Å². The van der Waals surface area contributed by atoms with Gasteiger partial charge in [0, 0.05) is 51.5 Å². The molecule has 0 spiro atoms. The fourth-order valence-electron chi connectivity index (χ4n) is 7.88. The van der Waals surface area contributed by atoms with E-state index in [1.165, 1.54) is 16.7 Å². The van der Waals surface area contributed by atoms with E-state index in [0.717, 1.165) is 71.9 Å². The summed E-state index contributed by atoms with van der Waals surface area (Å²) in [5.74, 6) is 1.58. The van der Waals surface area contributed by atoms with Crippen molar-refractivity contribution in [1.82, 2.24) is 0 Å². The third-order valence-corrected chi connectivity index (χ3v) is 11.5. The maximum Gasteiger partial charge on any atom is 0.128 e. The number of aromatic hydroxyl groups is 2. The van der Waals surface area contributed by atoms with E-state index in [1.54, 1.807) is 0 Å². The molecule has 0 saturated heterocycles. The van der Waals surface area contributed by atoms with Gasteiger partial charge in [-0.2, -0.15) is 0 Å². The first-order valence-electron chi connectivity index (χ1n) is 20.3. The van der Waals surface area contributed by atoms with Crippen LogP contribution in [0.1, 0.15) is 165 Å². The summed E-state index contributed by atoms with van der Waals surface area (Å²) in [6.45, 7) is 24.1. The molecular formula is C50H66CoN2O2. The summed E-state index contributed by atoms with van der Waals surface area (Å²) in [4.78, 5) is 10.2. The van der Waals surface area contributed by atoms with E-state index >= 15 is 0 Å². The average Bonchev–Trinajstić information content (AvgIpc) is 3.12. The van der Waals surface area contributed by atoms with Crippen LogP contribution in [-0.2, 0) is 33.0 Å². The first-order chi connectivity index (χ1) is 25.4. The van der Waals surface area contributed by atoms with Gasteiger partial charge >= 0.3 is 0 Å². The van der Waals surface area contributed by atoms with Crippen LogP contribution in [0.4, 0.5) is 0 Å². The van der Waals surface area contributed by atoms with Crippen molar-refractivity contribution in [2.75, 3.05) is 0 Å². The third kappa shape index (κ3) is 11.0. The molecule has 5 heteroatoms. The molecule has 4 nitrogen and oxygen atoms in total. The summed E-state index contributed by atoms with van der Waals surface area (Å²) in [7, 11) is 0. The largest absolute Gasteiger partial charge is 0.507 e. The van der Waals surface area contributed by atoms with Crippen LogP contribution in [0, 0.1) is 0 Å². The van der Waals surface area contributed by atoms with Crippen molar-refractivity contribution in [2.45, 2.75) is 155 Å². The molecule has 0 heterocycles. The van der Waals surface area contributed by atoms with Crippen molar-refractivity contribution in [3.63, 3.8) is 0 Å². The van der Waals surface area contributed by atoms with Crippen molar-refractivity contribution < 1.29 is 27.0 Å². The van der Waals surface area contributed by atoms with Gasteiger partial charge in [0.05, 0.1) is 12.1 Å². The van der Waals surface area contributed by atoms with Gasteiger partial charge < -0.3 is 10.2 Å². The van der Waals surface area contributed by atoms with Gasteiger partial charge in [0.15, 0.2) is 0 Å². The predicted molar refractivity (Wildman–Crippen MR) is 231 cm³/mol. The molecular weight excluding hydrogens is 719 g/mol. The quantitative estimate of drug-likeness (QED) is 0.157. The van der Waals surface area contributed by atoms with Crippen molar-refractivity contribution in [2.24, 2.45) is 9.98 Å². The molecule has 2 unspecified atom stereocenters. The van der Waals surface area contributed by atoms with Gasteiger partial charge in [-0.3, -0.25) is 9.98 Å². The summed E-state index contributed by atoms with van der Waals surface area (Å²) in [5, 5.41) is 23.0. The maximum atomic E-state index is 11.6. The molecule has 1 aliphatic rings. The van der Waals surface area contributed by atoms with E-state index < -0.39 is 0 Å². The smallest absolute Gasteiger partial charge is 0.128 e. The minimum atomic E-state index is -0.253. The number of rotatable bonds is 10. The molecule has 4 aromatic rings. The zero-order chi connectivity index (χ0) is 39.4.